The zero-order valence-corrected chi connectivity index (χ0v) is 16.3. The van der Waals surface area contributed by atoms with E-state index in [1.54, 1.807) is 0 Å². The third kappa shape index (κ3) is 34.0. The van der Waals surface area contributed by atoms with Gasteiger partial charge in [-0.2, -0.15) is 11.7 Å². The molecule has 0 bridgehead atoms. The Balaban J connectivity index is -0.000000920. The summed E-state index contributed by atoms with van der Waals surface area (Å²) in [5.74, 6) is 0. The topological polar surface area (TPSA) is 66.9 Å². The van der Waals surface area contributed by atoms with Crippen molar-refractivity contribution in [3.8, 4) is 6.19 Å². The van der Waals surface area contributed by atoms with Crippen LogP contribution in [0.4, 0.5) is 0 Å². The molecule has 1 radical (unpaired) electrons. The molecule has 0 aromatic rings. The second kappa shape index (κ2) is 29.5. The number of rotatable bonds is 16. The van der Waals surface area contributed by atoms with Gasteiger partial charge < -0.3 is 10.5 Å². The summed E-state index contributed by atoms with van der Waals surface area (Å²) in [5.41, 5.74) is 4.15. The van der Waals surface area contributed by atoms with E-state index in [0.29, 0.717) is 6.42 Å². The number of nitrogens with zero attached hydrogens (tertiary/aromatic N) is 1. The Kier molecular flexibility index (Phi) is 35.0. The number of hydrogen-bond donors (Lipinski definition) is 1. The molecular formula is C19H37MnN2O-. The molecule has 0 aliphatic rings. The second-order valence-electron chi connectivity index (χ2n) is 5.97. The Bertz CT molecular complexity index is 242. The zero-order chi connectivity index (χ0) is 16.7. The SMILES string of the molecule is CCCCCCCCCCCCCCCCC[C-]=O.N#CN.[Mn]. The van der Waals surface area contributed by atoms with Crippen LogP contribution in [0.1, 0.15) is 110 Å². The quantitative estimate of drug-likeness (QED) is 0.124. The first kappa shape index (κ1) is 27.3. The molecule has 0 aromatic carbocycles. The van der Waals surface area contributed by atoms with E-state index in [0.717, 1.165) is 6.42 Å². The summed E-state index contributed by atoms with van der Waals surface area (Å²) in [5, 5.41) is 7.10. The average Bonchev–Trinajstić information content (AvgIpc) is 2.52. The summed E-state index contributed by atoms with van der Waals surface area (Å²) in [7, 11) is 0. The summed E-state index contributed by atoms with van der Waals surface area (Å²) in [4.78, 5) is 10.0. The molecule has 0 fully saturated rings. The fourth-order valence-corrected chi connectivity index (χ4v) is 2.57. The van der Waals surface area contributed by atoms with E-state index in [9.17, 15) is 4.79 Å². The van der Waals surface area contributed by atoms with Crippen molar-refractivity contribution in [2.24, 2.45) is 5.73 Å². The van der Waals surface area contributed by atoms with Crippen LogP contribution >= 0.6 is 0 Å². The van der Waals surface area contributed by atoms with Gasteiger partial charge in [0, 0.05) is 17.1 Å². The molecule has 0 aromatic heterocycles. The molecule has 0 saturated carbocycles. The monoisotopic (exact) mass is 364 g/mol. The van der Waals surface area contributed by atoms with Crippen LogP contribution in [-0.2, 0) is 21.9 Å². The molecule has 0 spiro atoms. The molecule has 0 aliphatic heterocycles. The molecule has 23 heavy (non-hydrogen) atoms. The van der Waals surface area contributed by atoms with Gasteiger partial charge in [0.1, 0.15) is 0 Å². The van der Waals surface area contributed by atoms with Gasteiger partial charge in [-0.15, -0.1) is 0 Å². The third-order valence-corrected chi connectivity index (χ3v) is 3.88. The summed E-state index contributed by atoms with van der Waals surface area (Å²) >= 11 is 0. The van der Waals surface area contributed by atoms with E-state index in [1.165, 1.54) is 96.1 Å². The third-order valence-electron chi connectivity index (χ3n) is 3.88. The van der Waals surface area contributed by atoms with Crippen LogP contribution in [0.5, 0.6) is 0 Å². The van der Waals surface area contributed by atoms with Crippen LogP contribution in [0.3, 0.4) is 0 Å². The van der Waals surface area contributed by atoms with Gasteiger partial charge in [0.25, 0.3) is 0 Å². The van der Waals surface area contributed by atoms with Crippen LogP contribution < -0.4 is 5.73 Å². The minimum Gasteiger partial charge on any atom is -0.542 e. The number of nitrogens with two attached hydrogens (primary N) is 1. The molecule has 137 valence electrons. The van der Waals surface area contributed by atoms with Crippen molar-refractivity contribution in [3.63, 3.8) is 0 Å². The molecule has 0 amide bonds. The van der Waals surface area contributed by atoms with E-state index in [1.807, 2.05) is 6.29 Å². The summed E-state index contributed by atoms with van der Waals surface area (Å²) in [6.07, 6.45) is 24.5. The first-order valence-electron chi connectivity index (χ1n) is 9.28. The molecule has 0 saturated heterocycles. The Hall–Kier alpha value is -0.521. The van der Waals surface area contributed by atoms with E-state index in [2.05, 4.69) is 12.7 Å². The molecular weight excluding hydrogens is 327 g/mol. The van der Waals surface area contributed by atoms with Gasteiger partial charge in [-0.25, -0.2) is 0 Å². The van der Waals surface area contributed by atoms with Gasteiger partial charge in [-0.3, -0.25) is 6.29 Å². The second-order valence-corrected chi connectivity index (χ2v) is 5.97. The largest absolute Gasteiger partial charge is 0.542 e. The maximum absolute atomic E-state index is 10.0. The summed E-state index contributed by atoms with van der Waals surface area (Å²) in [6.45, 7) is 2.28. The smallest absolute Gasteiger partial charge is 0.173 e. The normalized spacial score (nSPS) is 9.22. The van der Waals surface area contributed by atoms with E-state index in [-0.39, 0.29) is 17.1 Å². The van der Waals surface area contributed by atoms with Crippen LogP contribution in [0.15, 0.2) is 0 Å². The fourth-order valence-electron chi connectivity index (χ4n) is 2.57. The molecule has 0 heterocycles. The van der Waals surface area contributed by atoms with Gasteiger partial charge in [0.05, 0.1) is 0 Å². The van der Waals surface area contributed by atoms with Crippen LogP contribution in [0.25, 0.3) is 0 Å². The Labute approximate surface area is 155 Å². The van der Waals surface area contributed by atoms with Crippen molar-refractivity contribution >= 4 is 6.29 Å². The van der Waals surface area contributed by atoms with Crippen molar-refractivity contribution in [3.05, 3.63) is 0 Å². The maximum atomic E-state index is 10.0. The number of unbranched alkanes of at least 4 members (excludes halogenated alkanes) is 15. The van der Waals surface area contributed by atoms with Crippen LogP contribution in [0, 0.1) is 11.5 Å². The van der Waals surface area contributed by atoms with Crippen LogP contribution in [0.2, 0.25) is 0 Å². The molecule has 4 heteroatoms. The Morgan fingerprint density at radius 3 is 1.26 bits per heavy atom. The van der Waals surface area contributed by atoms with Gasteiger partial charge >= 0.3 is 0 Å². The minimum absolute atomic E-state index is 0. The van der Waals surface area contributed by atoms with Gasteiger partial charge in [-0.1, -0.05) is 103 Å². The summed E-state index contributed by atoms with van der Waals surface area (Å²) < 4.78 is 0. The van der Waals surface area contributed by atoms with Crippen molar-refractivity contribution < 1.29 is 21.9 Å². The number of carbonyl (C=O) groups excluding carboxylic acids is 1. The van der Waals surface area contributed by atoms with Crippen molar-refractivity contribution in [1.82, 2.24) is 0 Å². The van der Waals surface area contributed by atoms with Crippen LogP contribution in [-0.4, -0.2) is 6.29 Å². The summed E-state index contributed by atoms with van der Waals surface area (Å²) in [6, 6.07) is 0. The number of nitriles is 1. The molecule has 0 aliphatic carbocycles. The van der Waals surface area contributed by atoms with E-state index < -0.39 is 0 Å². The fraction of sp³-hybridized carbons (Fsp3) is 0.895. The predicted octanol–water partition coefficient (Wildman–Crippen LogP) is 5.78. The average molecular weight is 364 g/mol. The Morgan fingerprint density at radius 1 is 0.739 bits per heavy atom. The first-order chi connectivity index (χ1) is 10.8. The van der Waals surface area contributed by atoms with E-state index in [4.69, 9.17) is 5.26 Å². The molecule has 0 unspecified atom stereocenters. The molecule has 2 N–H and O–H groups in total. The molecule has 3 nitrogen and oxygen atoms in total. The van der Waals surface area contributed by atoms with Gasteiger partial charge in [0.15, 0.2) is 6.19 Å². The van der Waals surface area contributed by atoms with Crippen molar-refractivity contribution in [2.45, 2.75) is 110 Å². The molecule has 0 rings (SSSR count). The molecule has 0 atom stereocenters. The van der Waals surface area contributed by atoms with Crippen molar-refractivity contribution in [1.29, 1.82) is 5.26 Å². The van der Waals surface area contributed by atoms with E-state index >= 15 is 0 Å². The Morgan fingerprint density at radius 2 is 1.00 bits per heavy atom. The van der Waals surface area contributed by atoms with Gasteiger partial charge in [0.2, 0.25) is 0 Å². The maximum Gasteiger partial charge on any atom is 0.173 e. The first-order valence-corrected chi connectivity index (χ1v) is 9.28. The zero-order valence-electron chi connectivity index (χ0n) is 15.1. The standard InChI is InChI=1S/C18H35O.CH2N2.Mn/c1-2-3-4-5-6-7-8-9-10-11-12-13-14-15-16-17-18-19;2-1-3;/h2-17H2,1H3;2H2;/q-1;;. The predicted molar refractivity (Wildman–Crippen MR) is 95.0 cm³/mol. The number of hydrogen-bond acceptors (Lipinski definition) is 3. The van der Waals surface area contributed by atoms with Crippen molar-refractivity contribution in [2.75, 3.05) is 0 Å². The van der Waals surface area contributed by atoms with Gasteiger partial charge in [-0.05, 0) is 0 Å². The minimum atomic E-state index is 0.